The molecule has 158 valence electrons. The molecule has 0 saturated carbocycles. The molecule has 0 atom stereocenters. The summed E-state index contributed by atoms with van der Waals surface area (Å²) in [6.45, 7) is 6.52. The van der Waals surface area contributed by atoms with Crippen LogP contribution in [0.5, 0.6) is 5.75 Å². The molecule has 8 heteroatoms. The van der Waals surface area contributed by atoms with Crippen LogP contribution in [0.4, 0.5) is 10.2 Å². The van der Waals surface area contributed by atoms with Crippen LogP contribution in [-0.4, -0.2) is 24.5 Å². The minimum atomic E-state index is -0.901. The number of nitrogens with two attached hydrogens (primary N) is 1. The highest BCUT2D eigenvalue weighted by atomic mass is 19.1. The van der Waals surface area contributed by atoms with Crippen LogP contribution >= 0.6 is 0 Å². The summed E-state index contributed by atoms with van der Waals surface area (Å²) in [5.74, 6) is 0.368. The first kappa shape index (κ1) is 19.3. The Morgan fingerprint density at radius 1 is 1.16 bits per heavy atom. The number of halogens is 1. The summed E-state index contributed by atoms with van der Waals surface area (Å²) in [4.78, 5) is 4.38. The van der Waals surface area contributed by atoms with Crippen LogP contribution in [0.1, 0.15) is 37.6 Å². The molecule has 5 rings (SSSR count). The second kappa shape index (κ2) is 6.94. The average Bonchev–Trinajstić information content (AvgIpc) is 3.36. The van der Waals surface area contributed by atoms with Crippen molar-refractivity contribution in [2.24, 2.45) is 0 Å². The van der Waals surface area contributed by atoms with E-state index in [0.29, 0.717) is 24.3 Å². The average molecular weight is 418 g/mol. The Bertz CT molecular complexity index is 1290. The van der Waals surface area contributed by atoms with Gasteiger partial charge < -0.3 is 10.5 Å². The Balaban J connectivity index is 1.83. The van der Waals surface area contributed by atoms with Crippen molar-refractivity contribution in [3.05, 3.63) is 71.6 Å². The predicted octanol–water partition coefficient (Wildman–Crippen LogP) is 4.09. The quantitative estimate of drug-likeness (QED) is 0.503. The normalized spacial score (nSPS) is 14.5. The number of nitrogen functional groups attached to an aromatic ring is 1. The number of hydrogen-bond acceptors (Lipinski definition) is 5. The molecule has 0 aliphatic carbocycles. The number of aromatic nitrogens is 5. The zero-order chi connectivity index (χ0) is 21.8. The molecule has 4 heterocycles. The Morgan fingerprint density at radius 3 is 2.81 bits per heavy atom. The largest absolute Gasteiger partial charge is 0.479 e. The third kappa shape index (κ3) is 3.15. The van der Waals surface area contributed by atoms with Gasteiger partial charge in [0.2, 0.25) is 0 Å². The van der Waals surface area contributed by atoms with Gasteiger partial charge in [0, 0.05) is 47.7 Å². The molecule has 1 aliphatic heterocycles. The van der Waals surface area contributed by atoms with Gasteiger partial charge in [0.15, 0.2) is 11.6 Å². The highest BCUT2D eigenvalue weighted by molar-refractivity contribution is 5.68. The van der Waals surface area contributed by atoms with E-state index in [2.05, 4.69) is 15.2 Å². The standard InChI is InChI=1S/C23H23FN6O/c1-4-29-21-14(13-28-29)9-17-7-8-27-30(17)19-6-5-16(24)11-18(19)23(2,3)31-20-10-15(21)12-26-22(20)25/h5-8,10-13H,4,9H2,1-3H3,(H2,25,26). The van der Waals surface area contributed by atoms with Gasteiger partial charge in [-0.25, -0.2) is 14.1 Å². The molecule has 0 spiro atoms. The lowest BCUT2D eigenvalue weighted by Gasteiger charge is -2.30. The first-order chi connectivity index (χ1) is 14.9. The molecule has 31 heavy (non-hydrogen) atoms. The maximum Gasteiger partial charge on any atom is 0.166 e. The predicted molar refractivity (Wildman–Crippen MR) is 116 cm³/mol. The smallest absolute Gasteiger partial charge is 0.166 e. The van der Waals surface area contributed by atoms with Crippen LogP contribution in [0.25, 0.3) is 16.9 Å². The molecule has 0 radical (unpaired) electrons. The van der Waals surface area contributed by atoms with Gasteiger partial charge in [-0.1, -0.05) is 0 Å². The zero-order valence-corrected chi connectivity index (χ0v) is 17.6. The highest BCUT2D eigenvalue weighted by Crippen LogP contribution is 2.38. The minimum absolute atomic E-state index is 0.274. The van der Waals surface area contributed by atoms with Gasteiger partial charge in [-0.05, 0) is 51.1 Å². The summed E-state index contributed by atoms with van der Waals surface area (Å²) in [5.41, 5.74) is 10.5. The van der Waals surface area contributed by atoms with Crippen molar-refractivity contribution in [2.75, 3.05) is 5.73 Å². The molecule has 1 aromatic carbocycles. The van der Waals surface area contributed by atoms with Crippen LogP contribution in [0.15, 0.2) is 48.9 Å². The van der Waals surface area contributed by atoms with Gasteiger partial charge in [-0.15, -0.1) is 0 Å². The van der Waals surface area contributed by atoms with Gasteiger partial charge in [0.05, 0.1) is 17.6 Å². The van der Waals surface area contributed by atoms with Crippen LogP contribution in [0.3, 0.4) is 0 Å². The van der Waals surface area contributed by atoms with Gasteiger partial charge in [0.1, 0.15) is 11.4 Å². The number of anilines is 1. The van der Waals surface area contributed by atoms with E-state index in [9.17, 15) is 4.39 Å². The monoisotopic (exact) mass is 418 g/mol. The number of nitrogens with zero attached hydrogens (tertiary/aromatic N) is 5. The molecule has 1 aliphatic rings. The fraction of sp³-hybridized carbons (Fsp3) is 0.261. The van der Waals surface area contributed by atoms with E-state index in [-0.39, 0.29) is 11.6 Å². The molecule has 0 amide bonds. The van der Waals surface area contributed by atoms with E-state index >= 15 is 0 Å². The van der Waals surface area contributed by atoms with Crippen molar-refractivity contribution in [2.45, 2.75) is 39.3 Å². The maximum atomic E-state index is 14.3. The van der Waals surface area contributed by atoms with E-state index in [1.54, 1.807) is 18.5 Å². The SMILES string of the molecule is CCn1ncc2c1-c1cnc(N)c(c1)OC(C)(C)c1cc(F)ccc1-n1nccc1C2. The molecular weight excluding hydrogens is 395 g/mol. The van der Waals surface area contributed by atoms with Crippen LogP contribution in [-0.2, 0) is 18.6 Å². The maximum absolute atomic E-state index is 14.3. The molecule has 0 fully saturated rings. The number of rotatable bonds is 1. The van der Waals surface area contributed by atoms with E-state index in [0.717, 1.165) is 28.2 Å². The first-order valence-electron chi connectivity index (χ1n) is 10.2. The highest BCUT2D eigenvalue weighted by Gasteiger charge is 2.30. The summed E-state index contributed by atoms with van der Waals surface area (Å²) in [5, 5.41) is 9.10. The van der Waals surface area contributed by atoms with E-state index in [1.807, 2.05) is 48.5 Å². The van der Waals surface area contributed by atoms with E-state index in [4.69, 9.17) is 10.5 Å². The van der Waals surface area contributed by atoms with Crippen LogP contribution < -0.4 is 10.5 Å². The second-order valence-electron chi connectivity index (χ2n) is 8.13. The zero-order valence-electron chi connectivity index (χ0n) is 17.6. The fourth-order valence-corrected chi connectivity index (χ4v) is 4.18. The summed E-state index contributed by atoms with van der Waals surface area (Å²) < 4.78 is 24.4. The number of benzene rings is 1. The topological polar surface area (TPSA) is 83.8 Å². The van der Waals surface area contributed by atoms with Gasteiger partial charge in [-0.3, -0.25) is 4.68 Å². The number of aryl methyl sites for hydroxylation is 1. The third-order valence-electron chi connectivity index (χ3n) is 5.66. The van der Waals surface area contributed by atoms with Crippen molar-refractivity contribution < 1.29 is 9.13 Å². The molecule has 7 nitrogen and oxygen atoms in total. The van der Waals surface area contributed by atoms with E-state index in [1.165, 1.54) is 12.1 Å². The number of pyridine rings is 1. The van der Waals surface area contributed by atoms with Gasteiger partial charge in [0.25, 0.3) is 0 Å². The van der Waals surface area contributed by atoms with Crippen molar-refractivity contribution in [3.63, 3.8) is 0 Å². The van der Waals surface area contributed by atoms with Crippen molar-refractivity contribution in [1.29, 1.82) is 0 Å². The summed E-state index contributed by atoms with van der Waals surface area (Å²) >= 11 is 0. The Kier molecular flexibility index (Phi) is 4.32. The lowest BCUT2D eigenvalue weighted by Crippen LogP contribution is -2.28. The Morgan fingerprint density at radius 2 is 2.00 bits per heavy atom. The Labute approximate surface area is 179 Å². The summed E-state index contributed by atoms with van der Waals surface area (Å²) in [6, 6.07) is 8.50. The number of ether oxygens (including phenoxy) is 1. The molecule has 0 saturated heterocycles. The molecule has 4 aromatic rings. The second-order valence-corrected chi connectivity index (χ2v) is 8.13. The van der Waals surface area contributed by atoms with Gasteiger partial charge in [-0.2, -0.15) is 10.2 Å². The summed E-state index contributed by atoms with van der Waals surface area (Å²) in [6.07, 6.45) is 5.96. The van der Waals surface area contributed by atoms with Crippen LogP contribution in [0, 0.1) is 5.82 Å². The number of fused-ring (bicyclic) bond motifs is 7. The first-order valence-corrected chi connectivity index (χ1v) is 10.2. The van der Waals surface area contributed by atoms with Crippen molar-refractivity contribution in [1.82, 2.24) is 24.5 Å². The lowest BCUT2D eigenvalue weighted by molar-refractivity contribution is 0.109. The molecular formula is C23H23FN6O. The van der Waals surface area contributed by atoms with E-state index < -0.39 is 5.60 Å². The minimum Gasteiger partial charge on any atom is -0.479 e. The molecule has 0 unspecified atom stereocenters. The fourth-order valence-electron chi connectivity index (χ4n) is 4.18. The molecule has 2 N–H and O–H groups in total. The van der Waals surface area contributed by atoms with Gasteiger partial charge >= 0.3 is 0 Å². The van der Waals surface area contributed by atoms with Crippen molar-refractivity contribution >= 4 is 5.82 Å². The summed E-state index contributed by atoms with van der Waals surface area (Å²) in [7, 11) is 0. The van der Waals surface area contributed by atoms with Crippen LogP contribution in [0.2, 0.25) is 0 Å². The Hall–Kier alpha value is -3.68. The lowest BCUT2D eigenvalue weighted by atomic mass is 9.95. The van der Waals surface area contributed by atoms with Crippen molar-refractivity contribution in [3.8, 4) is 22.7 Å². The number of hydrogen-bond donors (Lipinski definition) is 1. The third-order valence-corrected chi connectivity index (χ3v) is 5.66. The molecule has 2 bridgehead atoms. The molecule has 3 aromatic heterocycles.